The van der Waals surface area contributed by atoms with Gasteiger partial charge in [0.05, 0.1) is 11.0 Å². The predicted molar refractivity (Wildman–Crippen MR) is 93.7 cm³/mol. The van der Waals surface area contributed by atoms with Crippen LogP contribution in [0.2, 0.25) is 0 Å². The van der Waals surface area contributed by atoms with E-state index >= 15 is 0 Å². The van der Waals surface area contributed by atoms with E-state index in [1.54, 1.807) is 4.57 Å². The van der Waals surface area contributed by atoms with Gasteiger partial charge in [0, 0.05) is 16.1 Å². The van der Waals surface area contributed by atoms with Crippen molar-refractivity contribution in [3.8, 4) is 0 Å². The molecule has 3 aromatic rings. The number of carbonyl (C=O) groups is 1. The number of hydrogen-bond acceptors (Lipinski definition) is 2. The molecule has 0 saturated heterocycles. The summed E-state index contributed by atoms with van der Waals surface area (Å²) >= 11 is 3.52. The van der Waals surface area contributed by atoms with E-state index in [4.69, 9.17) is 4.74 Å². The average Bonchev–Trinajstić information content (AvgIpc) is 2.80. The van der Waals surface area contributed by atoms with Crippen molar-refractivity contribution in [2.45, 2.75) is 31.7 Å². The summed E-state index contributed by atoms with van der Waals surface area (Å²) in [5.74, 6) is 0. The van der Waals surface area contributed by atoms with Crippen molar-refractivity contribution in [2.24, 2.45) is 0 Å². The van der Waals surface area contributed by atoms with Crippen LogP contribution in [0.5, 0.6) is 0 Å². The third-order valence-electron chi connectivity index (χ3n) is 3.50. The first-order valence-electron chi connectivity index (χ1n) is 7.23. The number of alkyl halides is 1. The molecule has 0 N–H and O–H groups in total. The Morgan fingerprint density at radius 1 is 1.09 bits per heavy atom. The topological polar surface area (TPSA) is 31.2 Å². The highest BCUT2D eigenvalue weighted by atomic mass is 79.9. The average molecular weight is 360 g/mol. The molecule has 3 nitrogen and oxygen atoms in total. The van der Waals surface area contributed by atoms with Gasteiger partial charge in [0.15, 0.2) is 0 Å². The van der Waals surface area contributed by atoms with Crippen LogP contribution in [0.4, 0.5) is 4.79 Å². The zero-order valence-electron chi connectivity index (χ0n) is 12.9. The Hall–Kier alpha value is -1.81. The molecule has 0 bridgehead atoms. The summed E-state index contributed by atoms with van der Waals surface area (Å²) in [5.41, 5.74) is 2.33. The molecule has 22 heavy (non-hydrogen) atoms. The fourth-order valence-electron chi connectivity index (χ4n) is 2.69. The van der Waals surface area contributed by atoms with Crippen LogP contribution < -0.4 is 0 Å². The van der Waals surface area contributed by atoms with Crippen LogP contribution in [0.3, 0.4) is 0 Å². The molecule has 114 valence electrons. The van der Waals surface area contributed by atoms with Crippen LogP contribution in [-0.4, -0.2) is 16.3 Å². The zero-order valence-corrected chi connectivity index (χ0v) is 14.5. The highest BCUT2D eigenvalue weighted by Crippen LogP contribution is 2.32. The fraction of sp³-hybridized carbons (Fsp3) is 0.278. The maximum absolute atomic E-state index is 12.7. The van der Waals surface area contributed by atoms with Gasteiger partial charge in [0.25, 0.3) is 0 Å². The Balaban J connectivity index is 2.36. The molecular formula is C18H18BrNO2. The van der Waals surface area contributed by atoms with Crippen LogP contribution in [0.1, 0.15) is 26.3 Å². The number of aromatic nitrogens is 1. The number of para-hydroxylation sites is 2. The summed E-state index contributed by atoms with van der Waals surface area (Å²) in [6, 6.07) is 14.0. The first-order valence-corrected chi connectivity index (χ1v) is 8.35. The number of carbonyl (C=O) groups excluding carboxylic acids is 1. The van der Waals surface area contributed by atoms with Crippen LogP contribution in [0.15, 0.2) is 42.5 Å². The van der Waals surface area contributed by atoms with Gasteiger partial charge in [-0.3, -0.25) is 0 Å². The van der Waals surface area contributed by atoms with Gasteiger partial charge in [-0.05, 0) is 32.4 Å². The van der Waals surface area contributed by atoms with E-state index in [2.05, 4.69) is 15.9 Å². The van der Waals surface area contributed by atoms with Gasteiger partial charge in [0.1, 0.15) is 5.60 Å². The number of hydrogen-bond donors (Lipinski definition) is 0. The molecule has 0 aliphatic carbocycles. The minimum atomic E-state index is -0.530. The number of rotatable bonds is 1. The largest absolute Gasteiger partial charge is 0.443 e. The molecule has 1 aromatic heterocycles. The fourth-order valence-corrected chi connectivity index (χ4v) is 3.15. The van der Waals surface area contributed by atoms with Crippen LogP contribution in [0.25, 0.3) is 21.8 Å². The molecule has 0 saturated carbocycles. The molecule has 0 fully saturated rings. The van der Waals surface area contributed by atoms with E-state index in [9.17, 15) is 4.79 Å². The molecule has 1 heterocycles. The van der Waals surface area contributed by atoms with Gasteiger partial charge < -0.3 is 4.74 Å². The lowest BCUT2D eigenvalue weighted by molar-refractivity contribution is 0.0551. The number of ether oxygens (including phenoxy) is 1. The molecular weight excluding hydrogens is 342 g/mol. The summed E-state index contributed by atoms with van der Waals surface area (Å²) in [6.07, 6.45) is -0.341. The van der Waals surface area contributed by atoms with E-state index in [1.807, 2.05) is 63.2 Å². The first kappa shape index (κ1) is 15.1. The van der Waals surface area contributed by atoms with Crippen LogP contribution in [-0.2, 0) is 10.1 Å². The Morgan fingerprint density at radius 2 is 1.77 bits per heavy atom. The lowest BCUT2D eigenvalue weighted by atomic mass is 10.1. The summed E-state index contributed by atoms with van der Waals surface area (Å²) in [5, 5.41) is 2.81. The van der Waals surface area contributed by atoms with E-state index < -0.39 is 5.60 Å². The second-order valence-corrected chi connectivity index (χ2v) is 6.84. The Bertz CT molecular complexity index is 859. The molecule has 0 radical (unpaired) electrons. The van der Waals surface area contributed by atoms with Gasteiger partial charge in [0.2, 0.25) is 0 Å². The third kappa shape index (κ3) is 2.52. The first-order chi connectivity index (χ1) is 10.4. The van der Waals surface area contributed by atoms with Crippen molar-refractivity contribution in [1.82, 2.24) is 4.57 Å². The summed E-state index contributed by atoms with van der Waals surface area (Å²) in [4.78, 5) is 12.7. The van der Waals surface area contributed by atoms with Gasteiger partial charge in [-0.1, -0.05) is 52.3 Å². The van der Waals surface area contributed by atoms with E-state index in [0.717, 1.165) is 27.4 Å². The van der Waals surface area contributed by atoms with Crippen LogP contribution in [0, 0.1) is 0 Å². The Morgan fingerprint density at radius 3 is 2.45 bits per heavy atom. The number of fused-ring (bicyclic) bond motifs is 3. The molecule has 0 aliphatic rings. The molecule has 0 aliphatic heterocycles. The third-order valence-corrected chi connectivity index (χ3v) is 4.10. The lowest BCUT2D eigenvalue weighted by Gasteiger charge is -2.20. The lowest BCUT2D eigenvalue weighted by Crippen LogP contribution is -2.27. The van der Waals surface area contributed by atoms with Crippen molar-refractivity contribution < 1.29 is 9.53 Å². The van der Waals surface area contributed by atoms with E-state index in [1.165, 1.54) is 0 Å². The smallest absolute Gasteiger partial charge is 0.419 e. The minimum absolute atomic E-state index is 0.341. The standard InChI is InChI=1S/C18H18BrNO2/c1-18(2,3)22-17(21)20-15-10-5-4-8-13(15)14-9-6-7-12(11-19)16(14)20/h4-10H,11H2,1-3H3. The molecule has 2 aromatic carbocycles. The van der Waals surface area contributed by atoms with Crippen molar-refractivity contribution in [3.05, 3.63) is 48.0 Å². The molecule has 0 amide bonds. The van der Waals surface area contributed by atoms with E-state index in [-0.39, 0.29) is 6.09 Å². The van der Waals surface area contributed by atoms with Crippen molar-refractivity contribution in [1.29, 1.82) is 0 Å². The number of halogens is 1. The molecule has 0 unspecified atom stereocenters. The number of nitrogens with zero attached hydrogens (tertiary/aromatic N) is 1. The van der Waals surface area contributed by atoms with Crippen molar-refractivity contribution in [2.75, 3.05) is 0 Å². The van der Waals surface area contributed by atoms with E-state index in [0.29, 0.717) is 5.33 Å². The predicted octanol–water partition coefficient (Wildman–Crippen LogP) is 5.47. The number of benzene rings is 2. The Labute approximate surface area is 138 Å². The van der Waals surface area contributed by atoms with Crippen molar-refractivity contribution in [3.63, 3.8) is 0 Å². The van der Waals surface area contributed by atoms with Crippen molar-refractivity contribution >= 4 is 43.8 Å². The van der Waals surface area contributed by atoms with Gasteiger partial charge >= 0.3 is 6.09 Å². The maximum Gasteiger partial charge on any atom is 0.419 e. The highest BCUT2D eigenvalue weighted by molar-refractivity contribution is 9.08. The van der Waals surface area contributed by atoms with Gasteiger partial charge in [-0.25, -0.2) is 9.36 Å². The zero-order chi connectivity index (χ0) is 15.9. The Kier molecular flexibility index (Phi) is 3.73. The summed E-state index contributed by atoms with van der Waals surface area (Å²) in [6.45, 7) is 5.64. The minimum Gasteiger partial charge on any atom is -0.443 e. The normalized spacial score (nSPS) is 12.0. The second-order valence-electron chi connectivity index (χ2n) is 6.28. The SMILES string of the molecule is CC(C)(C)OC(=O)n1c2ccccc2c2cccc(CBr)c21. The maximum atomic E-state index is 12.7. The molecule has 4 heteroatoms. The highest BCUT2D eigenvalue weighted by Gasteiger charge is 2.23. The van der Waals surface area contributed by atoms with Gasteiger partial charge in [-0.15, -0.1) is 0 Å². The second kappa shape index (κ2) is 5.43. The summed E-state index contributed by atoms with van der Waals surface area (Å²) < 4.78 is 7.29. The van der Waals surface area contributed by atoms with Crippen LogP contribution >= 0.6 is 15.9 Å². The molecule has 0 spiro atoms. The van der Waals surface area contributed by atoms with Gasteiger partial charge in [-0.2, -0.15) is 0 Å². The monoisotopic (exact) mass is 359 g/mol. The molecule has 0 atom stereocenters. The molecule has 3 rings (SSSR count). The summed E-state index contributed by atoms with van der Waals surface area (Å²) in [7, 11) is 0. The quantitative estimate of drug-likeness (QED) is 0.539.